The monoisotopic (exact) mass is 282 g/mol. The molecule has 3 aromatic rings. The van der Waals surface area contributed by atoms with Crippen LogP contribution in [0.15, 0.2) is 59.2 Å². The van der Waals surface area contributed by atoms with Crippen LogP contribution in [0.3, 0.4) is 0 Å². The summed E-state index contributed by atoms with van der Waals surface area (Å²) in [6.45, 7) is -0.0908. The van der Waals surface area contributed by atoms with E-state index >= 15 is 0 Å². The Morgan fingerprint density at radius 2 is 1.90 bits per heavy atom. The average Bonchev–Trinajstić information content (AvgIpc) is 3.06. The molecule has 0 fully saturated rings. The predicted molar refractivity (Wildman–Crippen MR) is 79.2 cm³/mol. The van der Waals surface area contributed by atoms with E-state index in [-0.39, 0.29) is 6.61 Å². The first-order valence-electron chi connectivity index (χ1n) is 6.53. The fourth-order valence-corrected chi connectivity index (χ4v) is 2.11. The molecule has 3 rings (SSSR count). The maximum atomic E-state index is 11.1. The van der Waals surface area contributed by atoms with Crippen LogP contribution in [0.5, 0.6) is 5.75 Å². The third kappa shape index (κ3) is 2.89. The van der Waals surface area contributed by atoms with Gasteiger partial charge in [-0.15, -0.1) is 0 Å². The standard InChI is InChI=1S/C17H14O4/c1-19-17(18)11-21-15-7-6-12-9-14(5-4-13(12)10-15)16-3-2-8-20-16/h2-10H,11H2,1H3. The molecule has 21 heavy (non-hydrogen) atoms. The molecule has 0 amide bonds. The summed E-state index contributed by atoms with van der Waals surface area (Å²) in [5, 5.41) is 2.11. The average molecular weight is 282 g/mol. The van der Waals surface area contributed by atoms with Crippen LogP contribution >= 0.6 is 0 Å². The van der Waals surface area contributed by atoms with Crippen molar-refractivity contribution in [3.05, 3.63) is 54.8 Å². The maximum Gasteiger partial charge on any atom is 0.343 e. The Hall–Kier alpha value is -2.75. The summed E-state index contributed by atoms with van der Waals surface area (Å²) in [6, 6.07) is 15.5. The van der Waals surface area contributed by atoms with E-state index in [9.17, 15) is 4.79 Å². The molecule has 0 unspecified atom stereocenters. The molecule has 2 aromatic carbocycles. The largest absolute Gasteiger partial charge is 0.482 e. The van der Waals surface area contributed by atoms with Gasteiger partial charge < -0.3 is 13.9 Å². The van der Waals surface area contributed by atoms with Crippen molar-refractivity contribution in [3.63, 3.8) is 0 Å². The molecule has 1 heterocycles. The molecule has 1 aromatic heterocycles. The summed E-state index contributed by atoms with van der Waals surface area (Å²) >= 11 is 0. The molecule has 0 aliphatic carbocycles. The molecule has 0 radical (unpaired) electrons. The summed E-state index contributed by atoms with van der Waals surface area (Å²) in [5.74, 6) is 1.07. The van der Waals surface area contributed by atoms with Gasteiger partial charge in [0.1, 0.15) is 11.5 Å². The van der Waals surface area contributed by atoms with Gasteiger partial charge in [-0.3, -0.25) is 0 Å². The first kappa shape index (κ1) is 13.2. The fraction of sp³-hybridized carbons (Fsp3) is 0.118. The molecular formula is C17H14O4. The lowest BCUT2D eigenvalue weighted by Crippen LogP contribution is -2.12. The van der Waals surface area contributed by atoms with E-state index in [1.165, 1.54) is 7.11 Å². The van der Waals surface area contributed by atoms with Gasteiger partial charge in [0.2, 0.25) is 0 Å². The molecular weight excluding hydrogens is 268 g/mol. The number of rotatable bonds is 4. The number of esters is 1. The summed E-state index contributed by atoms with van der Waals surface area (Å²) < 4.78 is 15.3. The van der Waals surface area contributed by atoms with E-state index in [0.29, 0.717) is 5.75 Å². The van der Waals surface area contributed by atoms with E-state index in [1.807, 2.05) is 42.5 Å². The van der Waals surface area contributed by atoms with E-state index in [2.05, 4.69) is 10.8 Å². The molecule has 4 heteroatoms. The second-order valence-corrected chi connectivity index (χ2v) is 4.57. The van der Waals surface area contributed by atoms with Crippen molar-refractivity contribution in [3.8, 4) is 17.1 Å². The first-order valence-corrected chi connectivity index (χ1v) is 6.53. The number of fused-ring (bicyclic) bond motifs is 1. The molecule has 0 bridgehead atoms. The smallest absolute Gasteiger partial charge is 0.343 e. The molecule has 0 N–H and O–H groups in total. The van der Waals surface area contributed by atoms with Gasteiger partial charge in [-0.2, -0.15) is 0 Å². The second-order valence-electron chi connectivity index (χ2n) is 4.57. The number of carbonyl (C=O) groups excluding carboxylic acids is 1. The minimum atomic E-state index is -0.400. The minimum absolute atomic E-state index is 0.0908. The van der Waals surface area contributed by atoms with Crippen molar-refractivity contribution in [1.29, 1.82) is 0 Å². The Morgan fingerprint density at radius 3 is 2.67 bits per heavy atom. The zero-order chi connectivity index (χ0) is 14.7. The van der Waals surface area contributed by atoms with Crippen molar-refractivity contribution < 1.29 is 18.7 Å². The van der Waals surface area contributed by atoms with E-state index in [0.717, 1.165) is 22.1 Å². The van der Waals surface area contributed by atoms with Crippen molar-refractivity contribution in [2.24, 2.45) is 0 Å². The summed E-state index contributed by atoms with van der Waals surface area (Å²) in [6.07, 6.45) is 1.66. The Bertz CT molecular complexity index is 760. The van der Waals surface area contributed by atoms with E-state index < -0.39 is 5.97 Å². The summed E-state index contributed by atoms with van der Waals surface area (Å²) in [7, 11) is 1.34. The number of ether oxygens (including phenoxy) is 2. The Labute approximate surface area is 121 Å². The van der Waals surface area contributed by atoms with Gasteiger partial charge in [-0.25, -0.2) is 4.79 Å². The summed E-state index contributed by atoms with van der Waals surface area (Å²) in [5.41, 5.74) is 1.02. The molecule has 4 nitrogen and oxygen atoms in total. The Kier molecular flexibility index (Phi) is 3.60. The van der Waals surface area contributed by atoms with Gasteiger partial charge >= 0.3 is 5.97 Å². The van der Waals surface area contributed by atoms with Crippen LogP contribution < -0.4 is 4.74 Å². The van der Waals surface area contributed by atoms with E-state index in [1.54, 1.807) is 6.26 Å². The number of benzene rings is 2. The van der Waals surface area contributed by atoms with Crippen molar-refractivity contribution in [2.45, 2.75) is 0 Å². The van der Waals surface area contributed by atoms with E-state index in [4.69, 9.17) is 9.15 Å². The van der Waals surface area contributed by atoms with Crippen LogP contribution in [0.2, 0.25) is 0 Å². The first-order chi connectivity index (χ1) is 10.3. The number of carbonyl (C=O) groups is 1. The van der Waals surface area contributed by atoms with Crippen LogP contribution in [0.4, 0.5) is 0 Å². The van der Waals surface area contributed by atoms with Crippen LogP contribution in [0.25, 0.3) is 22.1 Å². The maximum absolute atomic E-state index is 11.1. The van der Waals surface area contributed by atoms with Gasteiger partial charge in [0.15, 0.2) is 6.61 Å². The fourth-order valence-electron chi connectivity index (χ4n) is 2.11. The molecule has 0 aliphatic rings. The van der Waals surface area contributed by atoms with Crippen molar-refractivity contribution >= 4 is 16.7 Å². The number of hydrogen-bond acceptors (Lipinski definition) is 4. The lowest BCUT2D eigenvalue weighted by molar-refractivity contribution is -0.142. The zero-order valence-electron chi connectivity index (χ0n) is 11.5. The molecule has 0 aliphatic heterocycles. The highest BCUT2D eigenvalue weighted by molar-refractivity contribution is 5.87. The van der Waals surface area contributed by atoms with Crippen LogP contribution in [-0.2, 0) is 9.53 Å². The third-order valence-corrected chi connectivity index (χ3v) is 3.20. The Balaban J connectivity index is 1.86. The molecule has 0 saturated carbocycles. The molecule has 0 atom stereocenters. The van der Waals surface area contributed by atoms with Gasteiger partial charge in [0, 0.05) is 5.56 Å². The van der Waals surface area contributed by atoms with Crippen molar-refractivity contribution in [2.75, 3.05) is 13.7 Å². The van der Waals surface area contributed by atoms with Crippen molar-refractivity contribution in [1.82, 2.24) is 0 Å². The number of hydrogen-bond donors (Lipinski definition) is 0. The quantitative estimate of drug-likeness (QED) is 0.685. The second kappa shape index (κ2) is 5.71. The lowest BCUT2D eigenvalue weighted by Gasteiger charge is -2.07. The third-order valence-electron chi connectivity index (χ3n) is 3.20. The highest BCUT2D eigenvalue weighted by Crippen LogP contribution is 2.27. The zero-order valence-corrected chi connectivity index (χ0v) is 11.5. The Morgan fingerprint density at radius 1 is 1.10 bits per heavy atom. The van der Waals surface area contributed by atoms with Crippen LogP contribution in [0, 0.1) is 0 Å². The van der Waals surface area contributed by atoms with Crippen LogP contribution in [0.1, 0.15) is 0 Å². The molecule has 106 valence electrons. The highest BCUT2D eigenvalue weighted by atomic mass is 16.6. The normalized spacial score (nSPS) is 10.5. The topological polar surface area (TPSA) is 48.7 Å². The van der Waals surface area contributed by atoms with Gasteiger partial charge in [0.05, 0.1) is 13.4 Å². The highest BCUT2D eigenvalue weighted by Gasteiger charge is 2.05. The SMILES string of the molecule is COC(=O)COc1ccc2cc(-c3ccco3)ccc2c1. The predicted octanol–water partition coefficient (Wildman–Crippen LogP) is 3.65. The van der Waals surface area contributed by atoms with Crippen LogP contribution in [-0.4, -0.2) is 19.7 Å². The molecule has 0 saturated heterocycles. The van der Waals surface area contributed by atoms with Gasteiger partial charge in [0.25, 0.3) is 0 Å². The van der Waals surface area contributed by atoms with Gasteiger partial charge in [-0.05, 0) is 41.1 Å². The summed E-state index contributed by atoms with van der Waals surface area (Å²) in [4.78, 5) is 11.1. The number of furan rings is 1. The van der Waals surface area contributed by atoms with Gasteiger partial charge in [-0.1, -0.05) is 18.2 Å². The lowest BCUT2D eigenvalue weighted by atomic mass is 10.1. The molecule has 0 spiro atoms. The minimum Gasteiger partial charge on any atom is -0.482 e. The number of methoxy groups -OCH3 is 1.